The van der Waals surface area contributed by atoms with E-state index < -0.39 is 5.97 Å². The zero-order chi connectivity index (χ0) is 7.15. The molecule has 0 aromatic heterocycles. The topological polar surface area (TPSA) is 127 Å². The number of carboxylic acid groups (broad SMARTS) is 1. The Balaban J connectivity index is -0.0000000300. The third-order valence-corrected chi connectivity index (χ3v) is 0. The van der Waals surface area contributed by atoms with Gasteiger partial charge in [-0.15, -0.1) is 0 Å². The minimum Gasteiger partial charge on any atom is -0.550 e. The number of hydrogen-bond acceptors (Lipinski definition) is 4. The lowest BCUT2D eigenvalue weighted by Crippen LogP contribution is -2.16. The first-order chi connectivity index (χ1) is 3.46. The van der Waals surface area contributed by atoms with Gasteiger partial charge in [0.25, 0.3) is 0 Å². The van der Waals surface area contributed by atoms with Gasteiger partial charge in [0.1, 0.15) is 0 Å². The number of carbonyl (C=O) groups excluding carboxylic acids is 1. The van der Waals surface area contributed by atoms with Crippen molar-refractivity contribution in [3.05, 3.63) is 0 Å². The predicted molar refractivity (Wildman–Crippen MR) is 36.7 cm³/mol. The van der Waals surface area contributed by atoms with E-state index in [0.29, 0.717) is 0 Å². The van der Waals surface area contributed by atoms with Crippen LogP contribution >= 0.6 is 0 Å². The molecule has 0 radical (unpaired) electrons. The highest BCUT2D eigenvalue weighted by Gasteiger charge is 1.69. The van der Waals surface area contributed by atoms with Crippen molar-refractivity contribution in [2.24, 2.45) is 0 Å². The van der Waals surface area contributed by atoms with Crippen LogP contribution in [-0.4, -0.2) is 22.7 Å². The highest BCUT2D eigenvalue weighted by atomic mass is 16.4. The maximum atomic E-state index is 8.89. The molecule has 6 N–H and O–H groups in total. The van der Waals surface area contributed by atoms with Gasteiger partial charge >= 0.3 is 0 Å². The number of carbonyl (C=O) groups is 1. The first kappa shape index (κ1) is 22.8. The summed E-state index contributed by atoms with van der Waals surface area (Å²) in [7, 11) is 0. The average molecular weight is 154 g/mol. The molecule has 5 nitrogen and oxygen atoms in total. The van der Waals surface area contributed by atoms with Crippen LogP contribution < -0.4 is 11.3 Å². The van der Waals surface area contributed by atoms with Crippen molar-refractivity contribution in [2.45, 2.75) is 26.9 Å². The fourth-order valence-electron chi connectivity index (χ4n) is 0. The molecule has 0 saturated carbocycles. The van der Waals surface area contributed by atoms with E-state index >= 15 is 0 Å². The molecular weight excluding hydrogens is 138 g/mol. The highest BCUT2D eigenvalue weighted by molar-refractivity contribution is 5.60. The third kappa shape index (κ3) is 701. The van der Waals surface area contributed by atoms with E-state index in [4.69, 9.17) is 15.0 Å². The van der Waals surface area contributed by atoms with E-state index in [9.17, 15) is 0 Å². The number of carboxylic acids is 1. The lowest BCUT2D eigenvalue weighted by molar-refractivity contribution is -0.302. The largest absolute Gasteiger partial charge is 0.550 e. The Bertz CT molecular complexity index is 57.9. The SMILES string of the molecule is CC(=O)[O-].CC(C)O.N.O. The van der Waals surface area contributed by atoms with Crippen LogP contribution in [0.25, 0.3) is 0 Å². The van der Waals surface area contributed by atoms with Gasteiger partial charge in [0, 0.05) is 12.1 Å². The molecule has 0 aliphatic carbocycles. The third-order valence-electron chi connectivity index (χ3n) is 0. The van der Waals surface area contributed by atoms with E-state index in [2.05, 4.69) is 0 Å². The summed E-state index contributed by atoms with van der Waals surface area (Å²) >= 11 is 0. The molecule has 0 aliphatic heterocycles. The van der Waals surface area contributed by atoms with E-state index in [1.807, 2.05) is 0 Å². The Labute approximate surface area is 60.6 Å². The summed E-state index contributed by atoms with van der Waals surface area (Å²) in [5.74, 6) is -1.08. The maximum absolute atomic E-state index is 8.89. The summed E-state index contributed by atoms with van der Waals surface area (Å²) in [5.41, 5.74) is 0. The number of aliphatic hydroxyl groups excluding tert-OH is 1. The second kappa shape index (κ2) is 15.8. The summed E-state index contributed by atoms with van der Waals surface area (Å²) in [4.78, 5) is 8.89. The monoisotopic (exact) mass is 154 g/mol. The molecule has 0 saturated heterocycles. The minimum absolute atomic E-state index is 0. The zero-order valence-corrected chi connectivity index (χ0v) is 6.55. The van der Waals surface area contributed by atoms with E-state index in [0.717, 1.165) is 6.92 Å². The van der Waals surface area contributed by atoms with Gasteiger partial charge in [0.2, 0.25) is 0 Å². The molecule has 10 heavy (non-hydrogen) atoms. The van der Waals surface area contributed by atoms with Crippen LogP contribution in [0.1, 0.15) is 20.8 Å². The molecule has 0 rings (SSSR count). The quantitative estimate of drug-likeness (QED) is 0.439. The standard InChI is InChI=1S/C3H8O.C2H4O2.H3N.H2O/c1-3(2)4;1-2(3)4;;/h3-4H,1-2H3;1H3,(H,3,4);1H3;1H2/p-1. The van der Waals surface area contributed by atoms with E-state index in [1.54, 1.807) is 13.8 Å². The Hall–Kier alpha value is -0.650. The Morgan fingerprint density at radius 2 is 1.50 bits per heavy atom. The van der Waals surface area contributed by atoms with Gasteiger partial charge in [0.05, 0.1) is 0 Å². The van der Waals surface area contributed by atoms with Crippen LogP contribution in [0.4, 0.5) is 0 Å². The summed E-state index contributed by atoms with van der Waals surface area (Å²) in [6.45, 7) is 4.42. The molecule has 0 bridgehead atoms. The van der Waals surface area contributed by atoms with Crippen molar-refractivity contribution in [3.8, 4) is 0 Å². The Kier molecular flexibility index (Phi) is 35.9. The van der Waals surface area contributed by atoms with Crippen LogP contribution in [0.3, 0.4) is 0 Å². The first-order valence-electron chi connectivity index (χ1n) is 2.32. The van der Waals surface area contributed by atoms with Crippen LogP contribution in [-0.2, 0) is 4.79 Å². The lowest BCUT2D eigenvalue weighted by Gasteiger charge is -1.80. The number of aliphatic carboxylic acids is 1. The van der Waals surface area contributed by atoms with E-state index in [1.165, 1.54) is 0 Å². The predicted octanol–water partition coefficient (Wildman–Crippen LogP) is -1.52. The molecule has 0 heterocycles. The minimum atomic E-state index is -1.08. The average Bonchev–Trinajstić information content (AvgIpc) is 1.25. The molecule has 0 unspecified atom stereocenters. The number of rotatable bonds is 0. The number of aliphatic hydroxyl groups is 1. The molecule has 0 spiro atoms. The zero-order valence-electron chi connectivity index (χ0n) is 6.55. The van der Waals surface area contributed by atoms with Crippen molar-refractivity contribution in [3.63, 3.8) is 0 Å². The van der Waals surface area contributed by atoms with Gasteiger partial charge in [-0.1, -0.05) is 0 Å². The van der Waals surface area contributed by atoms with Crippen LogP contribution in [0.2, 0.25) is 0 Å². The summed E-state index contributed by atoms with van der Waals surface area (Å²) < 4.78 is 0. The molecule has 0 amide bonds. The van der Waals surface area contributed by atoms with Gasteiger partial charge in [-0.3, -0.25) is 0 Å². The Morgan fingerprint density at radius 1 is 1.50 bits per heavy atom. The van der Waals surface area contributed by atoms with Gasteiger partial charge in [-0.25, -0.2) is 0 Å². The molecule has 0 atom stereocenters. The van der Waals surface area contributed by atoms with Crippen LogP contribution in [0.5, 0.6) is 0 Å². The van der Waals surface area contributed by atoms with Crippen molar-refractivity contribution in [2.75, 3.05) is 0 Å². The van der Waals surface area contributed by atoms with E-state index in [-0.39, 0.29) is 17.7 Å². The van der Waals surface area contributed by atoms with Crippen molar-refractivity contribution in [1.82, 2.24) is 6.15 Å². The number of hydrogen-bond donors (Lipinski definition) is 2. The van der Waals surface area contributed by atoms with Crippen molar-refractivity contribution in [1.29, 1.82) is 0 Å². The molecule has 0 aromatic rings. The normalized spacial score (nSPS) is 6.10. The summed E-state index contributed by atoms with van der Waals surface area (Å²) in [5, 5.41) is 16.9. The van der Waals surface area contributed by atoms with Gasteiger partial charge in [-0.05, 0) is 20.8 Å². The highest BCUT2D eigenvalue weighted by Crippen LogP contribution is 1.65. The molecule has 0 aromatic carbocycles. The fourth-order valence-corrected chi connectivity index (χ4v) is 0. The molecule has 0 aliphatic rings. The first-order valence-corrected chi connectivity index (χ1v) is 2.32. The molecular formula is C5H16NO4-. The molecule has 0 fully saturated rings. The second-order valence-electron chi connectivity index (χ2n) is 1.59. The lowest BCUT2D eigenvalue weighted by atomic mass is 10.5. The fraction of sp³-hybridized carbons (Fsp3) is 0.800. The van der Waals surface area contributed by atoms with Crippen molar-refractivity contribution >= 4 is 5.97 Å². The van der Waals surface area contributed by atoms with Crippen LogP contribution in [0, 0.1) is 0 Å². The van der Waals surface area contributed by atoms with Crippen molar-refractivity contribution < 1.29 is 20.5 Å². The molecule has 66 valence electrons. The second-order valence-corrected chi connectivity index (χ2v) is 1.59. The van der Waals surface area contributed by atoms with Gasteiger partial charge in [-0.2, -0.15) is 0 Å². The molecule has 5 heteroatoms. The van der Waals surface area contributed by atoms with Gasteiger partial charge < -0.3 is 26.6 Å². The maximum Gasteiger partial charge on any atom is 0.0483 e. The van der Waals surface area contributed by atoms with Crippen LogP contribution in [0.15, 0.2) is 0 Å². The summed E-state index contributed by atoms with van der Waals surface area (Å²) in [6, 6.07) is 0. The smallest absolute Gasteiger partial charge is 0.0483 e. The van der Waals surface area contributed by atoms with Gasteiger partial charge in [0.15, 0.2) is 0 Å². The Morgan fingerprint density at radius 3 is 1.50 bits per heavy atom. The summed E-state index contributed by atoms with van der Waals surface area (Å²) in [6.07, 6.45) is -0.167.